The van der Waals surface area contributed by atoms with Gasteiger partial charge in [-0.05, 0) is 12.1 Å². The van der Waals surface area contributed by atoms with E-state index in [0.29, 0.717) is 22.8 Å². The predicted molar refractivity (Wildman–Crippen MR) is 75.6 cm³/mol. The van der Waals surface area contributed by atoms with Crippen LogP contribution in [0.25, 0.3) is 0 Å². The average molecular weight is 293 g/mol. The maximum atomic E-state index is 11.0. The number of hydrogen-bond donors (Lipinski definition) is 1. The number of rotatable bonds is 4. The zero-order valence-corrected chi connectivity index (χ0v) is 11.9. The number of nitrogens with zero attached hydrogens (tertiary/aromatic N) is 2. The van der Waals surface area contributed by atoms with E-state index >= 15 is 0 Å². The van der Waals surface area contributed by atoms with Crippen LogP contribution in [0, 0.1) is 0 Å². The standard InChI is InChI=1S/C13H15N3O5/c1-18-9-4-8(5-10(19-2)12(9)20-3)6-14-11-7-21-16-13(17)15-11/h4-6H,7H2,1-3H3,(H,16,17)/b14-6+. The van der Waals surface area contributed by atoms with Crippen molar-refractivity contribution >= 4 is 18.1 Å². The van der Waals surface area contributed by atoms with Crippen LogP contribution in [-0.4, -0.2) is 46.0 Å². The number of aliphatic imine (C=N–C) groups is 2. The highest BCUT2D eigenvalue weighted by Gasteiger charge is 2.13. The number of hydrogen-bond acceptors (Lipinski definition) is 6. The van der Waals surface area contributed by atoms with Crippen LogP contribution >= 0.6 is 0 Å². The SMILES string of the molecule is COc1cc(/C=N/C2=NC(=O)NOC2)cc(OC)c1OC. The number of nitrogens with one attached hydrogen (secondary N) is 1. The molecule has 1 aromatic rings. The Bertz CT molecular complexity index is 572. The predicted octanol–water partition coefficient (Wildman–Crippen LogP) is 1.18. The molecule has 0 radical (unpaired) electrons. The Balaban J connectivity index is 2.30. The van der Waals surface area contributed by atoms with Gasteiger partial charge in [0.2, 0.25) is 5.75 Å². The number of carbonyl (C=O) groups excluding carboxylic acids is 1. The van der Waals surface area contributed by atoms with Gasteiger partial charge < -0.3 is 14.2 Å². The van der Waals surface area contributed by atoms with Crippen molar-refractivity contribution in [2.24, 2.45) is 9.98 Å². The molecule has 0 bridgehead atoms. The third kappa shape index (κ3) is 3.48. The van der Waals surface area contributed by atoms with Gasteiger partial charge in [0.05, 0.1) is 21.3 Å². The van der Waals surface area contributed by atoms with Crippen molar-refractivity contribution < 1.29 is 23.8 Å². The molecule has 1 aliphatic heterocycles. The quantitative estimate of drug-likeness (QED) is 0.842. The van der Waals surface area contributed by atoms with Crippen LogP contribution in [0.2, 0.25) is 0 Å². The summed E-state index contributed by atoms with van der Waals surface area (Å²) in [4.78, 5) is 23.6. The van der Waals surface area contributed by atoms with E-state index in [9.17, 15) is 4.79 Å². The first-order chi connectivity index (χ1) is 10.2. The summed E-state index contributed by atoms with van der Waals surface area (Å²) < 4.78 is 15.7. The molecule has 2 amide bonds. The van der Waals surface area contributed by atoms with Gasteiger partial charge in [0.1, 0.15) is 6.61 Å². The molecule has 0 saturated carbocycles. The van der Waals surface area contributed by atoms with Crippen LogP contribution in [0.15, 0.2) is 22.1 Å². The molecule has 0 fully saturated rings. The normalized spacial score (nSPS) is 14.6. The molecule has 8 heteroatoms. The van der Waals surface area contributed by atoms with Gasteiger partial charge in [0.25, 0.3) is 0 Å². The van der Waals surface area contributed by atoms with Crippen LogP contribution in [-0.2, 0) is 4.84 Å². The van der Waals surface area contributed by atoms with Crippen LogP contribution in [0.3, 0.4) is 0 Å². The molecule has 1 heterocycles. The first kappa shape index (κ1) is 14.8. The summed E-state index contributed by atoms with van der Waals surface area (Å²) in [6, 6.07) is 2.88. The van der Waals surface area contributed by atoms with Gasteiger partial charge in [-0.15, -0.1) is 0 Å². The number of amidine groups is 1. The summed E-state index contributed by atoms with van der Waals surface area (Å²) in [5.74, 6) is 1.79. The summed E-state index contributed by atoms with van der Waals surface area (Å²) >= 11 is 0. The van der Waals surface area contributed by atoms with Crippen LogP contribution < -0.4 is 19.7 Å². The fourth-order valence-corrected chi connectivity index (χ4v) is 1.73. The summed E-state index contributed by atoms with van der Waals surface area (Å²) in [6.45, 7) is 0.104. The van der Waals surface area contributed by atoms with Crippen molar-refractivity contribution in [2.75, 3.05) is 27.9 Å². The minimum atomic E-state index is -0.585. The topological polar surface area (TPSA) is 90.7 Å². The van der Waals surface area contributed by atoms with Crippen LogP contribution in [0.5, 0.6) is 17.2 Å². The molecule has 1 aromatic carbocycles. The lowest BCUT2D eigenvalue weighted by Gasteiger charge is -2.13. The molecule has 1 N–H and O–H groups in total. The molecule has 0 unspecified atom stereocenters. The lowest BCUT2D eigenvalue weighted by Crippen LogP contribution is -2.30. The van der Waals surface area contributed by atoms with Crippen molar-refractivity contribution in [1.29, 1.82) is 0 Å². The van der Waals surface area contributed by atoms with Crippen molar-refractivity contribution in [3.63, 3.8) is 0 Å². The summed E-state index contributed by atoms with van der Waals surface area (Å²) in [5.41, 5.74) is 2.81. The minimum absolute atomic E-state index is 0.104. The Kier molecular flexibility index (Phi) is 4.72. The van der Waals surface area contributed by atoms with E-state index in [0.717, 1.165) is 0 Å². The van der Waals surface area contributed by atoms with Gasteiger partial charge in [0.15, 0.2) is 17.3 Å². The highest BCUT2D eigenvalue weighted by molar-refractivity contribution is 6.01. The molecule has 21 heavy (non-hydrogen) atoms. The Morgan fingerprint density at radius 2 is 1.90 bits per heavy atom. The number of amides is 2. The van der Waals surface area contributed by atoms with Gasteiger partial charge in [-0.2, -0.15) is 4.99 Å². The van der Waals surface area contributed by atoms with E-state index in [2.05, 4.69) is 15.5 Å². The minimum Gasteiger partial charge on any atom is -0.493 e. The van der Waals surface area contributed by atoms with E-state index in [1.54, 1.807) is 12.1 Å². The third-order valence-corrected chi connectivity index (χ3v) is 2.64. The molecular formula is C13H15N3O5. The van der Waals surface area contributed by atoms with Crippen molar-refractivity contribution in [3.8, 4) is 17.2 Å². The van der Waals surface area contributed by atoms with Gasteiger partial charge in [-0.3, -0.25) is 4.84 Å². The molecule has 0 aromatic heterocycles. The zero-order valence-electron chi connectivity index (χ0n) is 11.9. The van der Waals surface area contributed by atoms with E-state index in [-0.39, 0.29) is 12.4 Å². The summed E-state index contributed by atoms with van der Waals surface area (Å²) in [5, 5.41) is 0. The second-order valence-electron chi connectivity index (χ2n) is 3.94. The van der Waals surface area contributed by atoms with Crippen LogP contribution in [0.4, 0.5) is 4.79 Å². The van der Waals surface area contributed by atoms with Crippen molar-refractivity contribution in [3.05, 3.63) is 17.7 Å². The fourth-order valence-electron chi connectivity index (χ4n) is 1.73. The molecule has 0 atom stereocenters. The number of methoxy groups -OCH3 is 3. The van der Waals surface area contributed by atoms with Gasteiger partial charge in [0, 0.05) is 11.8 Å². The fraction of sp³-hybridized carbons (Fsp3) is 0.308. The summed E-state index contributed by atoms with van der Waals surface area (Å²) in [7, 11) is 4.59. The third-order valence-electron chi connectivity index (χ3n) is 2.64. The monoisotopic (exact) mass is 293 g/mol. The highest BCUT2D eigenvalue weighted by Crippen LogP contribution is 2.37. The first-order valence-electron chi connectivity index (χ1n) is 6.01. The van der Waals surface area contributed by atoms with Gasteiger partial charge in [-0.1, -0.05) is 0 Å². The first-order valence-corrected chi connectivity index (χ1v) is 6.01. The van der Waals surface area contributed by atoms with E-state index in [4.69, 9.17) is 19.0 Å². The molecular weight excluding hydrogens is 278 g/mol. The largest absolute Gasteiger partial charge is 0.493 e. The maximum absolute atomic E-state index is 11.0. The molecule has 112 valence electrons. The van der Waals surface area contributed by atoms with E-state index in [1.807, 2.05) is 0 Å². The Hall–Kier alpha value is -2.61. The number of carbonyl (C=O) groups is 1. The molecule has 1 aliphatic rings. The van der Waals surface area contributed by atoms with Gasteiger partial charge in [-0.25, -0.2) is 15.3 Å². The van der Waals surface area contributed by atoms with Crippen molar-refractivity contribution in [1.82, 2.24) is 5.48 Å². The average Bonchev–Trinajstić information content (AvgIpc) is 2.51. The highest BCUT2D eigenvalue weighted by atomic mass is 16.7. The molecule has 0 aliphatic carbocycles. The van der Waals surface area contributed by atoms with Crippen molar-refractivity contribution in [2.45, 2.75) is 0 Å². The molecule has 8 nitrogen and oxygen atoms in total. The number of ether oxygens (including phenoxy) is 3. The van der Waals surface area contributed by atoms with Gasteiger partial charge >= 0.3 is 6.03 Å². The second-order valence-corrected chi connectivity index (χ2v) is 3.94. The Morgan fingerprint density at radius 3 is 2.43 bits per heavy atom. The number of urea groups is 1. The Labute approximate surface area is 121 Å². The lowest BCUT2D eigenvalue weighted by molar-refractivity contribution is 0.0856. The molecule has 2 rings (SSSR count). The second kappa shape index (κ2) is 6.71. The number of benzene rings is 1. The number of hydroxylamine groups is 1. The Morgan fingerprint density at radius 1 is 1.24 bits per heavy atom. The maximum Gasteiger partial charge on any atom is 0.366 e. The van der Waals surface area contributed by atoms with E-state index < -0.39 is 6.03 Å². The smallest absolute Gasteiger partial charge is 0.366 e. The molecule has 0 saturated heterocycles. The zero-order chi connectivity index (χ0) is 15.2. The summed E-state index contributed by atoms with van der Waals surface area (Å²) in [6.07, 6.45) is 1.53. The van der Waals surface area contributed by atoms with Crippen LogP contribution in [0.1, 0.15) is 5.56 Å². The molecule has 0 spiro atoms. The lowest BCUT2D eigenvalue weighted by atomic mass is 10.2. The van der Waals surface area contributed by atoms with E-state index in [1.165, 1.54) is 27.5 Å².